The molecule has 0 saturated heterocycles. The Morgan fingerprint density at radius 2 is 2.10 bits per heavy atom. The minimum Gasteiger partial charge on any atom is -0.469 e. The molecule has 0 radical (unpaired) electrons. The molecule has 4 heteroatoms. The van der Waals surface area contributed by atoms with Crippen molar-refractivity contribution in [3.8, 4) is 0 Å². The minimum absolute atomic E-state index is 0.00860. The lowest BCUT2D eigenvalue weighted by atomic mass is 9.73. The van der Waals surface area contributed by atoms with Crippen molar-refractivity contribution < 1.29 is 13.9 Å². The van der Waals surface area contributed by atoms with Crippen molar-refractivity contribution in [2.75, 3.05) is 6.61 Å². The van der Waals surface area contributed by atoms with E-state index in [0.717, 1.165) is 34.4 Å². The van der Waals surface area contributed by atoms with E-state index in [9.17, 15) is 4.79 Å². The second-order valence-corrected chi connectivity index (χ2v) is 8.17. The van der Waals surface area contributed by atoms with Crippen molar-refractivity contribution in [3.63, 3.8) is 0 Å². The first-order valence-corrected chi connectivity index (χ1v) is 10.7. The number of para-hydroxylation sites is 1. The Balaban J connectivity index is 1.58. The number of furan rings is 1. The Morgan fingerprint density at radius 1 is 1.26 bits per heavy atom. The van der Waals surface area contributed by atoms with Crippen LogP contribution < -0.4 is 0 Å². The van der Waals surface area contributed by atoms with Crippen LogP contribution in [-0.2, 0) is 9.53 Å². The van der Waals surface area contributed by atoms with Gasteiger partial charge < -0.3 is 14.1 Å². The summed E-state index contributed by atoms with van der Waals surface area (Å²) >= 11 is 0. The van der Waals surface area contributed by atoms with Crippen molar-refractivity contribution in [1.29, 1.82) is 0 Å². The maximum atomic E-state index is 12.9. The lowest BCUT2D eigenvalue weighted by Crippen LogP contribution is -2.25. The highest BCUT2D eigenvalue weighted by Gasteiger charge is 2.44. The number of carbonyl (C=O) groups is 1. The fourth-order valence-electron chi connectivity index (χ4n) is 5.01. The Kier molecular flexibility index (Phi) is 4.78. The largest absolute Gasteiger partial charge is 0.469 e. The number of nitrogens with one attached hydrogen (secondary N) is 1. The van der Waals surface area contributed by atoms with Crippen molar-refractivity contribution in [1.82, 2.24) is 4.98 Å². The lowest BCUT2D eigenvalue weighted by Gasteiger charge is -2.30. The van der Waals surface area contributed by atoms with E-state index in [1.54, 1.807) is 6.26 Å². The minimum atomic E-state index is -0.279. The van der Waals surface area contributed by atoms with E-state index in [2.05, 4.69) is 41.9 Å². The Labute approximate surface area is 181 Å². The molecule has 1 fully saturated rings. The third-order valence-electron chi connectivity index (χ3n) is 6.35. The molecule has 31 heavy (non-hydrogen) atoms. The summed E-state index contributed by atoms with van der Waals surface area (Å²) in [6.45, 7) is 8.62. The van der Waals surface area contributed by atoms with Gasteiger partial charge in [0.2, 0.25) is 0 Å². The Hall–Kier alpha value is -3.53. The fraction of sp³-hybridized carbons (Fsp3) is 0.222. The van der Waals surface area contributed by atoms with Gasteiger partial charge in [0.15, 0.2) is 0 Å². The van der Waals surface area contributed by atoms with Gasteiger partial charge >= 0.3 is 5.97 Å². The number of H-pyrrole nitrogens is 1. The summed E-state index contributed by atoms with van der Waals surface area (Å²) in [5.41, 5.74) is 7.36. The summed E-state index contributed by atoms with van der Waals surface area (Å²) < 4.78 is 11.2. The summed E-state index contributed by atoms with van der Waals surface area (Å²) in [5.74, 6) is 0.257. The number of aromatic nitrogens is 1. The van der Waals surface area contributed by atoms with Crippen LogP contribution in [0.15, 0.2) is 93.8 Å². The summed E-state index contributed by atoms with van der Waals surface area (Å²) in [5, 5.41) is 1.19. The molecule has 2 aromatic heterocycles. The van der Waals surface area contributed by atoms with Gasteiger partial charge in [0.05, 0.1) is 24.4 Å². The topological polar surface area (TPSA) is 55.2 Å². The number of ether oxygens (including phenoxy) is 1. The zero-order valence-electron chi connectivity index (χ0n) is 17.8. The molecule has 0 amide bonds. The van der Waals surface area contributed by atoms with Crippen LogP contribution >= 0.6 is 0 Å². The second-order valence-electron chi connectivity index (χ2n) is 8.17. The number of esters is 1. The van der Waals surface area contributed by atoms with Gasteiger partial charge in [-0.15, -0.1) is 0 Å². The highest BCUT2D eigenvalue weighted by atomic mass is 16.5. The van der Waals surface area contributed by atoms with Crippen LogP contribution in [0.2, 0.25) is 0 Å². The quantitative estimate of drug-likeness (QED) is 0.511. The molecule has 156 valence electrons. The highest BCUT2D eigenvalue weighted by molar-refractivity contribution is 5.93. The van der Waals surface area contributed by atoms with Crippen molar-refractivity contribution >= 4 is 22.9 Å². The third kappa shape index (κ3) is 3.19. The van der Waals surface area contributed by atoms with Gasteiger partial charge in [-0.3, -0.25) is 0 Å². The molecule has 2 aliphatic carbocycles. The number of benzene rings is 1. The molecule has 3 aromatic rings. The summed E-state index contributed by atoms with van der Waals surface area (Å²) in [4.78, 5) is 16.2. The SMILES string of the molecule is C=C1C(=Cc2c[nH]c3ccccc23)CC2=CC(C)=C(C(=O)OCC)C(c3ccco3)C12. The van der Waals surface area contributed by atoms with Crippen LogP contribution in [-0.4, -0.2) is 17.6 Å². The van der Waals surface area contributed by atoms with Gasteiger partial charge in [-0.25, -0.2) is 4.79 Å². The van der Waals surface area contributed by atoms with Gasteiger partial charge in [-0.05, 0) is 61.3 Å². The van der Waals surface area contributed by atoms with E-state index < -0.39 is 0 Å². The third-order valence-corrected chi connectivity index (χ3v) is 6.35. The molecule has 0 bridgehead atoms. The number of allylic oxidation sites excluding steroid dienone is 5. The van der Waals surface area contributed by atoms with Crippen LogP contribution in [0.3, 0.4) is 0 Å². The van der Waals surface area contributed by atoms with E-state index in [1.165, 1.54) is 16.5 Å². The zero-order chi connectivity index (χ0) is 21.5. The number of aromatic amines is 1. The molecule has 2 atom stereocenters. The van der Waals surface area contributed by atoms with E-state index in [-0.39, 0.29) is 17.8 Å². The first kappa shape index (κ1) is 19.4. The predicted octanol–water partition coefficient (Wildman–Crippen LogP) is 6.32. The maximum Gasteiger partial charge on any atom is 0.335 e. The molecule has 4 nitrogen and oxygen atoms in total. The molecule has 0 aliphatic heterocycles. The van der Waals surface area contributed by atoms with Crippen molar-refractivity contribution in [2.45, 2.75) is 26.2 Å². The van der Waals surface area contributed by atoms with Crippen molar-refractivity contribution in [2.24, 2.45) is 5.92 Å². The Bertz CT molecular complexity index is 1270. The summed E-state index contributed by atoms with van der Waals surface area (Å²) in [7, 11) is 0. The van der Waals surface area contributed by atoms with E-state index in [1.807, 2.05) is 38.2 Å². The monoisotopic (exact) mass is 411 g/mol. The number of carbonyl (C=O) groups excluding carboxylic acids is 1. The molecule has 2 unspecified atom stereocenters. The first-order valence-electron chi connectivity index (χ1n) is 10.7. The summed E-state index contributed by atoms with van der Waals surface area (Å²) in [6, 6.07) is 12.1. The molecular formula is C27H25NO3. The van der Waals surface area contributed by atoms with Crippen LogP contribution in [0.5, 0.6) is 0 Å². The molecular weight excluding hydrogens is 386 g/mol. The van der Waals surface area contributed by atoms with E-state index in [0.29, 0.717) is 12.2 Å². The summed E-state index contributed by atoms with van der Waals surface area (Å²) in [6.07, 6.45) is 8.87. The second kappa shape index (κ2) is 7.62. The lowest BCUT2D eigenvalue weighted by molar-refractivity contribution is -0.139. The fourth-order valence-corrected chi connectivity index (χ4v) is 5.01. The number of hydrogen-bond acceptors (Lipinski definition) is 3. The standard InChI is InChI=1S/C27H25NO3/c1-4-30-27(29)24-16(2)12-19-13-18(14-20-15-28-22-9-6-5-8-21(20)22)17(3)25(19)26(24)23-10-7-11-31-23/h5-12,14-15,25-26,28H,3-4,13H2,1-2H3. The van der Waals surface area contributed by atoms with Crippen LogP contribution in [0.1, 0.15) is 37.5 Å². The average molecular weight is 412 g/mol. The van der Waals surface area contributed by atoms with Crippen LogP contribution in [0, 0.1) is 5.92 Å². The molecule has 0 spiro atoms. The number of rotatable bonds is 4. The molecule has 1 N–H and O–H groups in total. The molecule has 2 aliphatic rings. The van der Waals surface area contributed by atoms with Gasteiger partial charge in [0.1, 0.15) is 5.76 Å². The van der Waals surface area contributed by atoms with Gasteiger partial charge in [0.25, 0.3) is 0 Å². The Morgan fingerprint density at radius 3 is 2.87 bits per heavy atom. The normalized spacial score (nSPS) is 22.2. The number of fused-ring (bicyclic) bond motifs is 2. The highest BCUT2D eigenvalue weighted by Crippen LogP contribution is 2.53. The van der Waals surface area contributed by atoms with Crippen LogP contribution in [0.4, 0.5) is 0 Å². The van der Waals surface area contributed by atoms with Crippen LogP contribution in [0.25, 0.3) is 17.0 Å². The molecule has 5 rings (SSSR count). The van der Waals surface area contributed by atoms with E-state index >= 15 is 0 Å². The van der Waals surface area contributed by atoms with Gasteiger partial charge in [-0.1, -0.05) is 36.4 Å². The predicted molar refractivity (Wildman–Crippen MR) is 122 cm³/mol. The zero-order valence-corrected chi connectivity index (χ0v) is 17.8. The molecule has 2 heterocycles. The smallest absolute Gasteiger partial charge is 0.335 e. The molecule has 1 saturated carbocycles. The van der Waals surface area contributed by atoms with Gasteiger partial charge in [-0.2, -0.15) is 0 Å². The molecule has 1 aromatic carbocycles. The first-order chi connectivity index (χ1) is 15.1. The van der Waals surface area contributed by atoms with Crippen molar-refractivity contribution in [3.05, 3.63) is 101 Å². The van der Waals surface area contributed by atoms with Gasteiger partial charge in [0, 0.05) is 28.6 Å². The number of hydrogen-bond donors (Lipinski definition) is 1. The average Bonchev–Trinajstić information content (AvgIpc) is 3.48. The maximum absolute atomic E-state index is 12.9. The van der Waals surface area contributed by atoms with E-state index in [4.69, 9.17) is 9.15 Å².